The lowest BCUT2D eigenvalue weighted by Gasteiger charge is -2.21. The van der Waals surface area contributed by atoms with Crippen molar-refractivity contribution in [1.29, 1.82) is 0 Å². The second-order valence-electron chi connectivity index (χ2n) is 29.3. The molecule has 0 saturated heterocycles. The van der Waals surface area contributed by atoms with Crippen molar-refractivity contribution in [3.8, 4) is 0 Å². The number of phosphoric ester groups is 2. The molecule has 0 aromatic rings. The molecule has 0 aromatic carbocycles. The normalized spacial score (nSPS) is 14.1. The first-order valence-electron chi connectivity index (χ1n) is 39.2. The molecular formula is C76H148O17P2. The second-order valence-corrected chi connectivity index (χ2v) is 32.2. The average molecular weight is 1400 g/mol. The predicted octanol–water partition coefficient (Wildman–Crippen LogP) is 22.0. The van der Waals surface area contributed by atoms with Gasteiger partial charge in [0.15, 0.2) is 12.2 Å². The van der Waals surface area contributed by atoms with Crippen LogP contribution in [-0.4, -0.2) is 96.7 Å². The number of carbonyl (C=O) groups is 4. The number of hydrogen-bond acceptors (Lipinski definition) is 15. The van der Waals surface area contributed by atoms with Gasteiger partial charge in [-0.1, -0.05) is 331 Å². The van der Waals surface area contributed by atoms with Crippen LogP contribution in [-0.2, 0) is 65.4 Å². The van der Waals surface area contributed by atoms with Gasteiger partial charge < -0.3 is 33.8 Å². The standard InChI is InChI=1S/C76H148O17P2/c1-66(2)52-44-36-28-21-15-12-10-9-11-13-17-25-33-42-50-58-75(80)92-71(62-86-73(78)56-48-40-32-24-18-14-16-22-29-37-45-53-67(3)4)64-90-94(82,83)88-60-70(77)61-89-95(84,85)91-65-72(63-87-74(79)57-49-41-35-27-31-39-47-55-69(7)8)93-76(81)59-51-43-34-26-20-19-23-30-38-46-54-68(5)6/h66-72,77H,9-65H2,1-8H3,(H,82,83)(H,84,85)/t70?,71-,72-/m1/s1. The fourth-order valence-corrected chi connectivity index (χ4v) is 13.1. The Labute approximate surface area is 581 Å². The molecule has 0 amide bonds. The maximum Gasteiger partial charge on any atom is 0.472 e. The van der Waals surface area contributed by atoms with Gasteiger partial charge in [-0.15, -0.1) is 0 Å². The predicted molar refractivity (Wildman–Crippen MR) is 386 cm³/mol. The fourth-order valence-electron chi connectivity index (χ4n) is 11.6. The minimum atomic E-state index is -4.96. The third kappa shape index (κ3) is 70.3. The van der Waals surface area contributed by atoms with Crippen molar-refractivity contribution in [3.05, 3.63) is 0 Å². The Kier molecular flexibility index (Phi) is 64.0. The molecule has 95 heavy (non-hydrogen) atoms. The summed E-state index contributed by atoms with van der Waals surface area (Å²) in [5.74, 6) is 0.909. The fraction of sp³-hybridized carbons (Fsp3) is 0.947. The van der Waals surface area contributed by atoms with Gasteiger partial charge in [0.1, 0.15) is 19.3 Å². The summed E-state index contributed by atoms with van der Waals surface area (Å²) < 4.78 is 68.5. The van der Waals surface area contributed by atoms with Gasteiger partial charge in [-0.2, -0.15) is 0 Å². The van der Waals surface area contributed by atoms with Gasteiger partial charge >= 0.3 is 39.5 Å². The van der Waals surface area contributed by atoms with Gasteiger partial charge in [0.25, 0.3) is 0 Å². The molecule has 0 saturated carbocycles. The molecule has 0 aromatic heterocycles. The third-order valence-corrected chi connectivity index (χ3v) is 19.5. The molecule has 0 heterocycles. The zero-order valence-electron chi connectivity index (χ0n) is 62.3. The van der Waals surface area contributed by atoms with Crippen LogP contribution in [0.3, 0.4) is 0 Å². The summed E-state index contributed by atoms with van der Waals surface area (Å²) in [4.78, 5) is 72.8. The highest BCUT2D eigenvalue weighted by atomic mass is 31.2. The molecule has 0 aliphatic heterocycles. The summed E-state index contributed by atoms with van der Waals surface area (Å²) in [5, 5.41) is 10.6. The maximum atomic E-state index is 13.1. The number of hydrogen-bond donors (Lipinski definition) is 3. The van der Waals surface area contributed by atoms with Crippen LogP contribution in [0, 0.1) is 23.7 Å². The van der Waals surface area contributed by atoms with Crippen molar-refractivity contribution in [2.45, 2.75) is 401 Å². The minimum Gasteiger partial charge on any atom is -0.462 e. The first kappa shape index (κ1) is 93.1. The summed E-state index contributed by atoms with van der Waals surface area (Å²) in [7, 11) is -9.91. The monoisotopic (exact) mass is 1400 g/mol. The van der Waals surface area contributed by atoms with Gasteiger partial charge in [-0.05, 0) is 49.4 Å². The molecule has 19 heteroatoms. The van der Waals surface area contributed by atoms with E-state index in [1.165, 1.54) is 180 Å². The molecular weight excluding hydrogens is 1250 g/mol. The van der Waals surface area contributed by atoms with Gasteiger partial charge in [0, 0.05) is 25.7 Å². The highest BCUT2D eigenvalue weighted by molar-refractivity contribution is 7.47. The van der Waals surface area contributed by atoms with Gasteiger partial charge in [0.05, 0.1) is 26.4 Å². The van der Waals surface area contributed by atoms with Gasteiger partial charge in [-0.25, -0.2) is 9.13 Å². The lowest BCUT2D eigenvalue weighted by molar-refractivity contribution is -0.161. The smallest absolute Gasteiger partial charge is 0.462 e. The van der Waals surface area contributed by atoms with Crippen molar-refractivity contribution in [1.82, 2.24) is 0 Å². The van der Waals surface area contributed by atoms with E-state index in [4.69, 9.17) is 37.0 Å². The Morgan fingerprint density at radius 3 is 0.653 bits per heavy atom. The molecule has 0 aliphatic rings. The van der Waals surface area contributed by atoms with E-state index in [1.54, 1.807) is 0 Å². The number of esters is 4. The van der Waals surface area contributed by atoms with E-state index in [9.17, 15) is 43.2 Å². The van der Waals surface area contributed by atoms with Crippen LogP contribution in [0.4, 0.5) is 0 Å². The first-order valence-corrected chi connectivity index (χ1v) is 42.2. The molecule has 0 radical (unpaired) electrons. The van der Waals surface area contributed by atoms with E-state index in [-0.39, 0.29) is 25.7 Å². The van der Waals surface area contributed by atoms with Crippen LogP contribution in [0.25, 0.3) is 0 Å². The summed E-state index contributed by atoms with van der Waals surface area (Å²) in [6.07, 6.45) is 50.0. The van der Waals surface area contributed by atoms with Crippen LogP contribution < -0.4 is 0 Å². The van der Waals surface area contributed by atoms with E-state index in [1.807, 2.05) is 0 Å². The molecule has 0 aliphatic carbocycles. The molecule has 3 N–H and O–H groups in total. The number of phosphoric acid groups is 2. The molecule has 3 unspecified atom stereocenters. The highest BCUT2D eigenvalue weighted by Gasteiger charge is 2.30. The molecule has 17 nitrogen and oxygen atoms in total. The van der Waals surface area contributed by atoms with E-state index >= 15 is 0 Å². The lowest BCUT2D eigenvalue weighted by atomic mass is 10.0. The zero-order chi connectivity index (χ0) is 70.3. The summed E-state index contributed by atoms with van der Waals surface area (Å²) in [5.41, 5.74) is 0. The van der Waals surface area contributed by atoms with E-state index in [0.717, 1.165) is 114 Å². The van der Waals surface area contributed by atoms with Gasteiger partial charge in [0.2, 0.25) is 0 Å². The van der Waals surface area contributed by atoms with Crippen LogP contribution in [0.1, 0.15) is 383 Å². The van der Waals surface area contributed by atoms with Crippen LogP contribution >= 0.6 is 15.6 Å². The van der Waals surface area contributed by atoms with E-state index < -0.39 is 97.5 Å². The lowest BCUT2D eigenvalue weighted by Crippen LogP contribution is -2.30. The Balaban J connectivity index is 5.25. The first-order chi connectivity index (χ1) is 45.6. The van der Waals surface area contributed by atoms with Crippen molar-refractivity contribution in [2.75, 3.05) is 39.6 Å². The second kappa shape index (κ2) is 65.4. The number of aliphatic hydroxyl groups is 1. The molecule has 5 atom stereocenters. The van der Waals surface area contributed by atoms with Crippen molar-refractivity contribution < 1.29 is 80.2 Å². The molecule has 0 rings (SSSR count). The summed E-state index contributed by atoms with van der Waals surface area (Å²) >= 11 is 0. The largest absolute Gasteiger partial charge is 0.472 e. The van der Waals surface area contributed by atoms with Gasteiger partial charge in [-0.3, -0.25) is 37.3 Å². The third-order valence-electron chi connectivity index (χ3n) is 17.6. The highest BCUT2D eigenvalue weighted by Crippen LogP contribution is 2.45. The number of rotatable bonds is 73. The van der Waals surface area contributed by atoms with E-state index in [0.29, 0.717) is 31.6 Å². The molecule has 0 fully saturated rings. The van der Waals surface area contributed by atoms with Crippen molar-refractivity contribution >= 4 is 39.5 Å². The zero-order valence-corrected chi connectivity index (χ0v) is 64.1. The Hall–Kier alpha value is -1.94. The number of ether oxygens (including phenoxy) is 4. The molecule has 0 bridgehead atoms. The topological polar surface area (TPSA) is 237 Å². The minimum absolute atomic E-state index is 0.105. The average Bonchev–Trinajstić information content (AvgIpc) is 2.22. The number of unbranched alkanes of at least 4 members (excludes halogenated alkanes) is 39. The number of carbonyl (C=O) groups excluding carboxylic acids is 4. The Morgan fingerprint density at radius 2 is 0.442 bits per heavy atom. The van der Waals surface area contributed by atoms with Crippen LogP contribution in [0.5, 0.6) is 0 Å². The maximum absolute atomic E-state index is 13.1. The summed E-state index contributed by atoms with van der Waals surface area (Å²) in [6.45, 7) is 14.2. The van der Waals surface area contributed by atoms with Crippen molar-refractivity contribution in [3.63, 3.8) is 0 Å². The number of aliphatic hydroxyl groups excluding tert-OH is 1. The quantitative estimate of drug-likeness (QED) is 0.0222. The molecule has 0 spiro atoms. The van der Waals surface area contributed by atoms with Crippen molar-refractivity contribution in [2.24, 2.45) is 23.7 Å². The SMILES string of the molecule is CC(C)CCCCCCCCCCCCCCCCCC(=O)O[C@H](COC(=O)CCCCCCCCCCCCCC(C)C)COP(=O)(O)OCC(O)COP(=O)(O)OC[C@@H](COC(=O)CCCCCCCCCC(C)C)OC(=O)CCCCCCCCCCCCC(C)C. The Morgan fingerprint density at radius 1 is 0.263 bits per heavy atom. The van der Waals surface area contributed by atoms with Crippen LogP contribution in [0.15, 0.2) is 0 Å². The molecule has 564 valence electrons. The summed E-state index contributed by atoms with van der Waals surface area (Å²) in [6, 6.07) is 0. The van der Waals surface area contributed by atoms with E-state index in [2.05, 4.69) is 55.4 Å². The van der Waals surface area contributed by atoms with Crippen LogP contribution in [0.2, 0.25) is 0 Å². The Bertz CT molecular complexity index is 1870.